The van der Waals surface area contributed by atoms with E-state index < -0.39 is 11.6 Å². The second-order valence-electron chi connectivity index (χ2n) is 7.61. The van der Waals surface area contributed by atoms with E-state index in [4.69, 9.17) is 22.1 Å². The van der Waals surface area contributed by atoms with Crippen LogP contribution in [0.3, 0.4) is 0 Å². The largest absolute Gasteiger partial charge is 0.495 e. The summed E-state index contributed by atoms with van der Waals surface area (Å²) in [5, 5.41) is -0.217. The second-order valence-corrected chi connectivity index (χ2v) is 8.01. The molecule has 2 N–H and O–H groups in total. The standard InChI is InChI=1S/C20H21ClF3N3O/c1-28-19-9-18(15(24)7-16(19)25)27-10-20(11-27)2-4-26(5-3-20)17-8-13(22)12(21)6-14(17)23/h6-9H,2-5,10-11,25H2,1H3. The molecule has 1 spiro atoms. The van der Waals surface area contributed by atoms with Crippen molar-refractivity contribution in [2.24, 2.45) is 5.41 Å². The number of benzene rings is 2. The van der Waals surface area contributed by atoms with Gasteiger partial charge < -0.3 is 20.3 Å². The normalized spacial score (nSPS) is 18.3. The molecule has 0 amide bonds. The molecule has 4 nitrogen and oxygen atoms in total. The molecule has 8 heteroatoms. The van der Waals surface area contributed by atoms with E-state index in [2.05, 4.69) is 0 Å². The lowest BCUT2D eigenvalue weighted by molar-refractivity contribution is 0.160. The van der Waals surface area contributed by atoms with Gasteiger partial charge in [0.05, 0.1) is 29.2 Å². The molecule has 2 fully saturated rings. The van der Waals surface area contributed by atoms with E-state index in [1.807, 2.05) is 9.80 Å². The minimum atomic E-state index is -0.624. The highest BCUT2D eigenvalue weighted by atomic mass is 35.5. The van der Waals surface area contributed by atoms with Gasteiger partial charge in [0.1, 0.15) is 23.2 Å². The molecule has 2 aromatic rings. The highest BCUT2D eigenvalue weighted by molar-refractivity contribution is 6.30. The zero-order chi connectivity index (χ0) is 20.1. The molecule has 150 valence electrons. The average Bonchev–Trinajstić information content (AvgIpc) is 2.63. The van der Waals surface area contributed by atoms with Crippen molar-refractivity contribution in [3.8, 4) is 5.75 Å². The summed E-state index contributed by atoms with van der Waals surface area (Å²) < 4.78 is 47.4. The van der Waals surface area contributed by atoms with Crippen molar-refractivity contribution in [3.63, 3.8) is 0 Å². The zero-order valence-electron chi connectivity index (χ0n) is 15.4. The summed E-state index contributed by atoms with van der Waals surface area (Å²) in [5.74, 6) is -1.06. The topological polar surface area (TPSA) is 41.7 Å². The number of piperidine rings is 1. The fraction of sp³-hybridized carbons (Fsp3) is 0.400. The lowest BCUT2D eigenvalue weighted by atomic mass is 9.71. The number of nitrogens with two attached hydrogens (primary N) is 1. The molecule has 0 unspecified atom stereocenters. The van der Waals surface area contributed by atoms with E-state index in [1.165, 1.54) is 13.2 Å². The summed E-state index contributed by atoms with van der Waals surface area (Å²) in [6.07, 6.45) is 1.64. The average molecular weight is 412 g/mol. The Labute approximate surface area is 166 Å². The number of rotatable bonds is 3. The van der Waals surface area contributed by atoms with Gasteiger partial charge in [0.25, 0.3) is 0 Å². The van der Waals surface area contributed by atoms with Crippen LogP contribution in [0.1, 0.15) is 12.8 Å². The van der Waals surface area contributed by atoms with Crippen molar-refractivity contribution >= 4 is 28.7 Å². The number of halogens is 4. The Morgan fingerprint density at radius 1 is 0.929 bits per heavy atom. The molecule has 2 aliphatic heterocycles. The van der Waals surface area contributed by atoms with Gasteiger partial charge in [-0.2, -0.15) is 0 Å². The van der Waals surface area contributed by atoms with Crippen LogP contribution < -0.4 is 20.3 Å². The van der Waals surface area contributed by atoms with Crippen LogP contribution in [-0.4, -0.2) is 33.3 Å². The lowest BCUT2D eigenvalue weighted by Gasteiger charge is -2.55. The summed E-state index contributed by atoms with van der Waals surface area (Å²) in [6, 6.07) is 5.07. The predicted molar refractivity (Wildman–Crippen MR) is 105 cm³/mol. The number of nitrogens with zero attached hydrogens (tertiary/aromatic N) is 2. The zero-order valence-corrected chi connectivity index (χ0v) is 16.2. The number of hydrogen-bond acceptors (Lipinski definition) is 4. The van der Waals surface area contributed by atoms with Crippen LogP contribution in [0.2, 0.25) is 5.02 Å². The summed E-state index contributed by atoms with van der Waals surface area (Å²) in [5.41, 5.74) is 6.78. The van der Waals surface area contributed by atoms with Gasteiger partial charge in [0, 0.05) is 49.8 Å². The Morgan fingerprint density at radius 3 is 2.18 bits per heavy atom. The van der Waals surface area contributed by atoms with Crippen LogP contribution in [0.15, 0.2) is 24.3 Å². The first-order chi connectivity index (χ1) is 13.3. The molecule has 0 saturated carbocycles. The Bertz CT molecular complexity index is 908. The minimum absolute atomic E-state index is 0.0546. The maximum absolute atomic E-state index is 14.3. The van der Waals surface area contributed by atoms with Gasteiger partial charge in [-0.25, -0.2) is 13.2 Å². The molecule has 0 radical (unpaired) electrons. The Hall–Kier alpha value is -2.28. The molecular formula is C20H21ClF3N3O. The highest BCUT2D eigenvalue weighted by Crippen LogP contribution is 2.45. The molecule has 0 aliphatic carbocycles. The fourth-order valence-corrected chi connectivity index (χ4v) is 4.35. The van der Waals surface area contributed by atoms with E-state index in [0.717, 1.165) is 25.0 Å². The van der Waals surface area contributed by atoms with Gasteiger partial charge in [-0.15, -0.1) is 0 Å². The molecule has 2 saturated heterocycles. The number of nitrogen functional groups attached to an aromatic ring is 1. The Kier molecular flexibility index (Phi) is 4.73. The SMILES string of the molecule is COc1cc(N2CC3(CCN(c4cc(F)c(Cl)cc4F)CC3)C2)c(F)cc1N. The van der Waals surface area contributed by atoms with Crippen LogP contribution in [-0.2, 0) is 0 Å². The van der Waals surface area contributed by atoms with Gasteiger partial charge in [-0.1, -0.05) is 11.6 Å². The third-order valence-corrected chi connectivity index (χ3v) is 6.14. The van der Waals surface area contributed by atoms with Crippen LogP contribution in [0.4, 0.5) is 30.2 Å². The van der Waals surface area contributed by atoms with Crippen molar-refractivity contribution in [1.29, 1.82) is 0 Å². The van der Waals surface area contributed by atoms with Crippen LogP contribution in [0, 0.1) is 22.9 Å². The van der Waals surface area contributed by atoms with E-state index in [0.29, 0.717) is 37.6 Å². The molecule has 0 bridgehead atoms. The van der Waals surface area contributed by atoms with Crippen molar-refractivity contribution in [1.82, 2.24) is 0 Å². The lowest BCUT2D eigenvalue weighted by Crippen LogP contribution is -2.60. The number of methoxy groups -OCH3 is 1. The molecule has 2 aromatic carbocycles. The molecule has 4 rings (SSSR count). The van der Waals surface area contributed by atoms with Crippen molar-refractivity contribution in [2.75, 3.05) is 48.8 Å². The second kappa shape index (κ2) is 6.95. The predicted octanol–water partition coefficient (Wildman–Crippen LogP) is 4.45. The van der Waals surface area contributed by atoms with Crippen LogP contribution >= 0.6 is 11.6 Å². The first kappa shape index (κ1) is 19.1. The third-order valence-electron chi connectivity index (χ3n) is 5.85. The Morgan fingerprint density at radius 2 is 1.54 bits per heavy atom. The smallest absolute Gasteiger partial charge is 0.148 e. The minimum Gasteiger partial charge on any atom is -0.495 e. The van der Waals surface area contributed by atoms with Crippen molar-refractivity contribution in [2.45, 2.75) is 12.8 Å². The van der Waals surface area contributed by atoms with E-state index in [-0.39, 0.29) is 27.6 Å². The summed E-state index contributed by atoms with van der Waals surface area (Å²) in [7, 11) is 1.50. The first-order valence-electron chi connectivity index (χ1n) is 9.09. The number of ether oxygens (including phenoxy) is 1. The van der Waals surface area contributed by atoms with Gasteiger partial charge in [0.2, 0.25) is 0 Å². The van der Waals surface area contributed by atoms with Crippen LogP contribution in [0.25, 0.3) is 0 Å². The molecule has 2 heterocycles. The third kappa shape index (κ3) is 3.21. The van der Waals surface area contributed by atoms with Crippen molar-refractivity contribution < 1.29 is 17.9 Å². The Balaban J connectivity index is 1.43. The van der Waals surface area contributed by atoms with Crippen molar-refractivity contribution in [3.05, 3.63) is 46.7 Å². The monoisotopic (exact) mass is 411 g/mol. The van der Waals surface area contributed by atoms with Crippen LogP contribution in [0.5, 0.6) is 5.75 Å². The summed E-state index contributed by atoms with van der Waals surface area (Å²) >= 11 is 5.63. The van der Waals surface area contributed by atoms with E-state index in [1.54, 1.807) is 6.07 Å². The molecule has 2 aliphatic rings. The maximum atomic E-state index is 14.3. The molecule has 0 aromatic heterocycles. The first-order valence-corrected chi connectivity index (χ1v) is 9.47. The molecule has 28 heavy (non-hydrogen) atoms. The van der Waals surface area contributed by atoms with E-state index in [9.17, 15) is 13.2 Å². The summed E-state index contributed by atoms with van der Waals surface area (Å²) in [4.78, 5) is 3.81. The quantitative estimate of drug-likeness (QED) is 0.598. The molecular weight excluding hydrogens is 391 g/mol. The highest BCUT2D eigenvalue weighted by Gasteiger charge is 2.46. The molecule has 0 atom stereocenters. The van der Waals surface area contributed by atoms with Gasteiger partial charge >= 0.3 is 0 Å². The van der Waals surface area contributed by atoms with Gasteiger partial charge in [-0.3, -0.25) is 0 Å². The fourth-order valence-electron chi connectivity index (χ4n) is 4.20. The summed E-state index contributed by atoms with van der Waals surface area (Å²) in [6.45, 7) is 2.64. The van der Waals surface area contributed by atoms with Gasteiger partial charge in [-0.05, 0) is 18.9 Å². The maximum Gasteiger partial charge on any atom is 0.148 e. The number of hydrogen-bond donors (Lipinski definition) is 1. The van der Waals surface area contributed by atoms with Gasteiger partial charge in [0.15, 0.2) is 0 Å². The number of anilines is 3. The van der Waals surface area contributed by atoms with E-state index >= 15 is 0 Å².